The highest BCUT2D eigenvalue weighted by atomic mass is 32.2. The van der Waals surface area contributed by atoms with Gasteiger partial charge >= 0.3 is 0 Å². The van der Waals surface area contributed by atoms with Crippen LogP contribution in [0.4, 0.5) is 0 Å². The molecular formula is C17H20OS. The van der Waals surface area contributed by atoms with Crippen LogP contribution in [0, 0.1) is 0 Å². The van der Waals surface area contributed by atoms with E-state index < -0.39 is 0 Å². The highest BCUT2D eigenvalue weighted by Crippen LogP contribution is 2.38. The van der Waals surface area contributed by atoms with Crippen molar-refractivity contribution in [3.05, 3.63) is 41.5 Å². The van der Waals surface area contributed by atoms with E-state index in [1.165, 1.54) is 36.1 Å². The SMILES string of the molecule is O=C(/C1=C/CCCCCC1)C1Cc2ccccc2S1. The number of benzene rings is 1. The van der Waals surface area contributed by atoms with Gasteiger partial charge in [0.1, 0.15) is 0 Å². The molecule has 0 N–H and O–H groups in total. The summed E-state index contributed by atoms with van der Waals surface area (Å²) >= 11 is 1.76. The van der Waals surface area contributed by atoms with Crippen LogP contribution in [0.1, 0.15) is 44.1 Å². The molecule has 100 valence electrons. The van der Waals surface area contributed by atoms with Crippen molar-refractivity contribution >= 4 is 17.5 Å². The van der Waals surface area contributed by atoms with E-state index in [-0.39, 0.29) is 5.25 Å². The lowest BCUT2D eigenvalue weighted by Crippen LogP contribution is -2.19. The smallest absolute Gasteiger partial charge is 0.172 e. The molecule has 0 bridgehead atoms. The van der Waals surface area contributed by atoms with Gasteiger partial charge in [-0.2, -0.15) is 0 Å². The average molecular weight is 272 g/mol. The summed E-state index contributed by atoms with van der Waals surface area (Å²) in [6.45, 7) is 0. The largest absolute Gasteiger partial charge is 0.293 e. The van der Waals surface area contributed by atoms with E-state index >= 15 is 0 Å². The molecule has 2 aliphatic rings. The lowest BCUT2D eigenvalue weighted by molar-refractivity contribution is -0.115. The Morgan fingerprint density at radius 2 is 1.95 bits per heavy atom. The number of hydrogen-bond acceptors (Lipinski definition) is 2. The topological polar surface area (TPSA) is 17.1 Å². The summed E-state index contributed by atoms with van der Waals surface area (Å²) in [5, 5.41) is 0.128. The Morgan fingerprint density at radius 1 is 1.11 bits per heavy atom. The second-order valence-electron chi connectivity index (χ2n) is 5.46. The first-order valence-corrected chi connectivity index (χ1v) is 8.20. The highest BCUT2D eigenvalue weighted by Gasteiger charge is 2.29. The maximum atomic E-state index is 12.6. The Balaban J connectivity index is 1.72. The Morgan fingerprint density at radius 3 is 2.84 bits per heavy atom. The first-order chi connectivity index (χ1) is 9.34. The molecule has 0 fully saturated rings. The standard InChI is InChI=1S/C17H20OS/c18-17(13-8-4-2-1-3-5-9-13)16-12-14-10-6-7-11-15(14)19-16/h6-8,10-11,16H,1-5,9,12H2/b13-8+. The summed E-state index contributed by atoms with van der Waals surface area (Å²) in [6, 6.07) is 8.43. The molecule has 0 saturated heterocycles. The third-order valence-electron chi connectivity index (χ3n) is 4.05. The van der Waals surface area contributed by atoms with Crippen molar-refractivity contribution in [1.29, 1.82) is 0 Å². The molecule has 0 amide bonds. The monoisotopic (exact) mass is 272 g/mol. The van der Waals surface area contributed by atoms with Gasteiger partial charge in [-0.3, -0.25) is 4.79 Å². The minimum Gasteiger partial charge on any atom is -0.293 e. The van der Waals surface area contributed by atoms with E-state index in [2.05, 4.69) is 30.3 Å². The molecule has 0 spiro atoms. The first-order valence-electron chi connectivity index (χ1n) is 7.32. The van der Waals surface area contributed by atoms with Gasteiger partial charge in [0.05, 0.1) is 5.25 Å². The fraction of sp³-hybridized carbons (Fsp3) is 0.471. The van der Waals surface area contributed by atoms with Crippen molar-refractivity contribution < 1.29 is 4.79 Å². The fourth-order valence-electron chi connectivity index (χ4n) is 2.95. The van der Waals surface area contributed by atoms with Crippen molar-refractivity contribution in [2.75, 3.05) is 0 Å². The Kier molecular flexibility index (Phi) is 4.07. The molecule has 1 aliphatic carbocycles. The summed E-state index contributed by atoms with van der Waals surface area (Å²) in [6.07, 6.45) is 10.2. The summed E-state index contributed by atoms with van der Waals surface area (Å²) in [5.74, 6) is 0.392. The minimum atomic E-state index is 0.128. The number of rotatable bonds is 2. The molecule has 2 heteroatoms. The highest BCUT2D eigenvalue weighted by molar-refractivity contribution is 8.01. The van der Waals surface area contributed by atoms with Crippen LogP contribution in [-0.2, 0) is 11.2 Å². The van der Waals surface area contributed by atoms with Crippen molar-refractivity contribution in [2.24, 2.45) is 0 Å². The zero-order valence-electron chi connectivity index (χ0n) is 11.2. The number of carbonyl (C=O) groups is 1. The van der Waals surface area contributed by atoms with Crippen LogP contribution in [0.25, 0.3) is 0 Å². The molecule has 19 heavy (non-hydrogen) atoms. The minimum absolute atomic E-state index is 0.128. The van der Waals surface area contributed by atoms with Gasteiger partial charge in [0.15, 0.2) is 5.78 Å². The second-order valence-corrected chi connectivity index (χ2v) is 6.71. The van der Waals surface area contributed by atoms with Crippen molar-refractivity contribution in [3.8, 4) is 0 Å². The molecule has 1 aromatic carbocycles. The summed E-state index contributed by atoms with van der Waals surface area (Å²) in [5.41, 5.74) is 2.45. The Labute approximate surface area is 119 Å². The van der Waals surface area contributed by atoms with E-state index in [1.54, 1.807) is 11.8 Å². The van der Waals surface area contributed by atoms with Crippen molar-refractivity contribution in [2.45, 2.75) is 55.1 Å². The van der Waals surface area contributed by atoms with Gasteiger partial charge in [-0.05, 0) is 49.3 Å². The molecule has 1 aliphatic heterocycles. The van der Waals surface area contributed by atoms with Gasteiger partial charge < -0.3 is 0 Å². The number of Topliss-reactive ketones (excluding diaryl/α,β-unsaturated/α-hetero) is 1. The van der Waals surface area contributed by atoms with E-state index in [0.29, 0.717) is 5.78 Å². The molecule has 0 aromatic heterocycles. The number of hydrogen-bond donors (Lipinski definition) is 0. The Hall–Kier alpha value is -1.02. The second kappa shape index (κ2) is 5.96. The third-order valence-corrected chi connectivity index (χ3v) is 5.36. The molecular weight excluding hydrogens is 252 g/mol. The van der Waals surface area contributed by atoms with Crippen LogP contribution in [0.2, 0.25) is 0 Å². The third kappa shape index (κ3) is 2.94. The van der Waals surface area contributed by atoms with Crippen LogP contribution < -0.4 is 0 Å². The molecule has 1 aromatic rings. The molecule has 0 saturated carbocycles. The molecule has 1 heterocycles. The lowest BCUT2D eigenvalue weighted by Gasteiger charge is -2.13. The van der Waals surface area contributed by atoms with Crippen LogP contribution in [0.5, 0.6) is 0 Å². The lowest BCUT2D eigenvalue weighted by atomic mass is 9.94. The summed E-state index contributed by atoms with van der Waals surface area (Å²) < 4.78 is 0. The van der Waals surface area contributed by atoms with Gasteiger partial charge in [0.2, 0.25) is 0 Å². The predicted molar refractivity (Wildman–Crippen MR) is 80.6 cm³/mol. The summed E-state index contributed by atoms with van der Waals surface area (Å²) in [7, 11) is 0. The number of carbonyl (C=O) groups excluding carboxylic acids is 1. The van der Waals surface area contributed by atoms with E-state index in [4.69, 9.17) is 0 Å². The maximum Gasteiger partial charge on any atom is 0.172 e. The maximum absolute atomic E-state index is 12.6. The van der Waals surface area contributed by atoms with Gasteiger partial charge in [-0.25, -0.2) is 0 Å². The van der Waals surface area contributed by atoms with Gasteiger partial charge in [0, 0.05) is 4.90 Å². The van der Waals surface area contributed by atoms with E-state index in [0.717, 1.165) is 24.8 Å². The number of allylic oxidation sites excluding steroid dienone is 2. The van der Waals surface area contributed by atoms with Gasteiger partial charge in [-0.15, -0.1) is 11.8 Å². The molecule has 0 radical (unpaired) electrons. The van der Waals surface area contributed by atoms with Gasteiger partial charge in [0.25, 0.3) is 0 Å². The number of thioether (sulfide) groups is 1. The van der Waals surface area contributed by atoms with Gasteiger partial charge in [-0.1, -0.05) is 37.1 Å². The molecule has 1 atom stereocenters. The van der Waals surface area contributed by atoms with Crippen molar-refractivity contribution in [1.82, 2.24) is 0 Å². The molecule has 1 unspecified atom stereocenters. The normalized spacial score (nSPS) is 25.9. The fourth-order valence-corrected chi connectivity index (χ4v) is 4.24. The van der Waals surface area contributed by atoms with Crippen LogP contribution in [0.15, 0.2) is 40.8 Å². The first kappa shape index (κ1) is 13.0. The quantitative estimate of drug-likeness (QED) is 0.785. The summed E-state index contributed by atoms with van der Waals surface area (Å²) in [4.78, 5) is 13.9. The number of fused-ring (bicyclic) bond motifs is 1. The Bertz CT molecular complexity index is 479. The van der Waals surface area contributed by atoms with Crippen molar-refractivity contribution in [3.63, 3.8) is 0 Å². The predicted octanol–water partition coefficient (Wildman–Crippen LogP) is 4.55. The molecule has 1 nitrogen and oxygen atoms in total. The van der Waals surface area contributed by atoms with E-state index in [1.807, 2.05) is 0 Å². The average Bonchev–Trinajstić information content (AvgIpc) is 2.81. The van der Waals surface area contributed by atoms with Crippen LogP contribution in [-0.4, -0.2) is 11.0 Å². The van der Waals surface area contributed by atoms with Crippen LogP contribution >= 0.6 is 11.8 Å². The number of ketones is 1. The zero-order valence-corrected chi connectivity index (χ0v) is 12.0. The molecule has 3 rings (SSSR count). The van der Waals surface area contributed by atoms with E-state index in [9.17, 15) is 4.79 Å². The zero-order chi connectivity index (χ0) is 13.1. The van der Waals surface area contributed by atoms with Crippen LogP contribution in [0.3, 0.4) is 0 Å².